The van der Waals surface area contributed by atoms with E-state index in [1.165, 1.54) is 97.1 Å². The summed E-state index contributed by atoms with van der Waals surface area (Å²) in [6.45, 7) is 21.4. The molecular weight excluding hydrogens is 1900 g/mol. The standard InChI is InChI=1S/2C22H19F2N3O3.C22H21FN4O2.C21H17F2N3O3.C21H19FN4O2/c1-11-9-27(10-12(2)25-11)13-6-17(24)14-8-15(22(28)30-19(14)7-13)21-26-20-16(23)4-3-5-18(20)29-21;1-26-6-3-7-27(9-8-26)13-10-17(24)14-12-15(22(28)30-19(14)11-13)21-25-20-16(23)4-2-5-18(20)29-21;1-12-10-27(11-13(2)24-12)14-7-17(23)15-9-16(22(28)29-20(15)8-14)21-25-18-5-3-4-6-19(18)26-21;22-15-3-1-4-17-19(15)25-20(28-17)14-11-13-16(23)9-12(10-18(13)29-21(14)27)26-7-2-5-24-6-8-26;1-25-6-8-26(9-7-25)13-10-16(22)14-12-15(21(27)28-19(14)11-13)20-23-17-4-2-3-5-18(17)24-20/h3-8,11-12,25H,9-10H2,1-2H3;2,4-5,10-12H,3,6-9H2,1H3;3-9,12-13,24H,10-11H2,1-2H3,(H,25,26);1,3-4,9-11,24H,2,5-8H2;2-5,10-12H,6-9H2,1H3,(H,23,24)/t11-,12+;;12-,13+;;. The molecule has 38 heteroatoms. The van der Waals surface area contributed by atoms with E-state index in [0.717, 1.165) is 138 Å². The molecule has 4 atom stereocenters. The van der Waals surface area contributed by atoms with Crippen LogP contribution >= 0.6 is 0 Å². The average Bonchev–Trinajstić information content (AvgIpc) is 1.20. The van der Waals surface area contributed by atoms with Gasteiger partial charge in [-0.2, -0.15) is 0 Å². The van der Waals surface area contributed by atoms with E-state index in [1.807, 2.05) is 48.5 Å². The summed E-state index contributed by atoms with van der Waals surface area (Å²) in [5.74, 6) is -3.64. The number of para-hydroxylation sites is 7. The van der Waals surface area contributed by atoms with Crippen molar-refractivity contribution in [3.8, 4) is 57.1 Å². The first-order valence-corrected chi connectivity index (χ1v) is 47.8. The zero-order valence-electron chi connectivity index (χ0n) is 79.7. The number of aromatic nitrogens is 7. The molecule has 30 nitrogen and oxygen atoms in total. The van der Waals surface area contributed by atoms with E-state index in [9.17, 15) is 59.1 Å². The van der Waals surface area contributed by atoms with Crippen molar-refractivity contribution in [2.45, 2.75) is 64.7 Å². The van der Waals surface area contributed by atoms with E-state index in [-0.39, 0.29) is 146 Å². The minimum atomic E-state index is -0.729. The van der Waals surface area contributed by atoms with Gasteiger partial charge in [-0.15, -0.1) is 0 Å². The largest absolute Gasteiger partial charge is 0.436 e. The smallest absolute Gasteiger partial charge is 0.349 e. The Morgan fingerprint density at radius 1 is 0.281 bits per heavy atom. The Labute approximate surface area is 823 Å². The highest BCUT2D eigenvalue weighted by Crippen LogP contribution is 2.39. The second-order valence-electron chi connectivity index (χ2n) is 37.2. The van der Waals surface area contributed by atoms with Gasteiger partial charge in [-0.3, -0.25) is 0 Å². The minimum absolute atomic E-state index is 0.00441. The van der Waals surface area contributed by atoms with Crippen LogP contribution < -0.4 is 68.6 Å². The first-order valence-electron chi connectivity index (χ1n) is 47.8. The zero-order valence-corrected chi connectivity index (χ0v) is 79.7. The quantitative estimate of drug-likeness (QED) is 0.0627. The number of likely N-dealkylation sites (N-methyl/N-ethyl adjacent to an activating group) is 2. The lowest BCUT2D eigenvalue weighted by molar-refractivity contribution is 0.313. The predicted octanol–water partition coefficient (Wildman–Crippen LogP) is 18.7. The maximum atomic E-state index is 15.0. The second-order valence-corrected chi connectivity index (χ2v) is 37.2. The van der Waals surface area contributed by atoms with Crippen molar-refractivity contribution in [2.75, 3.05) is 143 Å². The Hall–Kier alpha value is -16.2. The lowest BCUT2D eigenvalue weighted by Crippen LogP contribution is -2.54. The van der Waals surface area contributed by atoms with Gasteiger partial charge in [-0.1, -0.05) is 42.5 Å². The molecule has 25 rings (SSSR count). The van der Waals surface area contributed by atoms with Crippen LogP contribution in [0.5, 0.6) is 0 Å². The summed E-state index contributed by atoms with van der Waals surface area (Å²) in [5, 5.41) is 11.1. The molecule has 0 saturated carbocycles. The summed E-state index contributed by atoms with van der Waals surface area (Å²) in [6.07, 6.45) is 1.91. The normalized spacial score (nSPS) is 17.2. The molecule has 5 saturated heterocycles. The molecule has 0 aliphatic carbocycles. The number of aromatic amines is 2. The summed E-state index contributed by atoms with van der Waals surface area (Å²) >= 11 is 0. The Morgan fingerprint density at radius 3 is 0.925 bits per heavy atom. The number of benzene rings is 10. The summed E-state index contributed by atoms with van der Waals surface area (Å²) in [6, 6.07) is 51.7. The number of nitrogens with one attached hydrogen (secondary N) is 5. The van der Waals surface area contributed by atoms with Gasteiger partial charge in [0.15, 0.2) is 34.2 Å². The van der Waals surface area contributed by atoms with E-state index in [0.29, 0.717) is 53.9 Å². The maximum absolute atomic E-state index is 15.0. The number of H-pyrrole nitrogens is 2. The van der Waals surface area contributed by atoms with Crippen molar-refractivity contribution < 1.29 is 70.5 Å². The number of nitrogens with zero attached hydrogens (tertiary/aromatic N) is 12. The SMILES string of the molecule is CN1CCCN(c2cc(F)c3cc(-c4nc5c(F)cccc5o4)c(=O)oc3c2)CC1.CN1CCN(c2cc(F)c3cc(-c4nc5ccccc5[nH]4)c(=O)oc3c2)CC1.C[C@@H]1CN(c2cc(F)c3cc(-c4nc5c(F)cccc5o4)c(=O)oc3c2)C[C@H](C)N1.C[C@@H]1CN(c2cc(F)c3cc(-c4nc5ccccc5[nH]4)c(=O)oc3c2)C[C@H](C)N1.O=c1oc2cc(N3CCCNCC3)cc(F)c2cc1-c1nc2c(F)cccc2o1. The third-order valence-corrected chi connectivity index (χ3v) is 26.5. The highest BCUT2D eigenvalue weighted by atomic mass is 19.2. The van der Waals surface area contributed by atoms with Gasteiger partial charge in [-0.25, -0.2) is 84.0 Å². The van der Waals surface area contributed by atoms with Crippen LogP contribution in [-0.2, 0) is 0 Å². The van der Waals surface area contributed by atoms with Gasteiger partial charge >= 0.3 is 28.1 Å². The second kappa shape index (κ2) is 40.2. The van der Waals surface area contributed by atoms with Crippen molar-refractivity contribution in [3.63, 3.8) is 0 Å². The Balaban J connectivity index is 0.000000107. The highest BCUT2D eigenvalue weighted by molar-refractivity contribution is 5.92. The van der Waals surface area contributed by atoms with Gasteiger partial charge in [0, 0.05) is 175 Å². The Kier molecular flexibility index (Phi) is 26.4. The predicted molar refractivity (Wildman–Crippen MR) is 544 cm³/mol. The fourth-order valence-corrected chi connectivity index (χ4v) is 19.3. The minimum Gasteiger partial charge on any atom is -0.436 e. The van der Waals surface area contributed by atoms with E-state index in [2.05, 4.69) is 127 Å². The number of hydrogen-bond acceptors (Lipinski definition) is 28. The molecule has 0 amide bonds. The summed E-state index contributed by atoms with van der Waals surface area (Å²) < 4.78 is 160. The monoisotopic (exact) mass is 1990 g/mol. The van der Waals surface area contributed by atoms with Crippen molar-refractivity contribution >= 4 is 139 Å². The number of piperazine rings is 3. The molecule has 10 aromatic heterocycles. The third-order valence-electron chi connectivity index (χ3n) is 26.5. The van der Waals surface area contributed by atoms with Crippen LogP contribution in [0.1, 0.15) is 40.5 Å². The lowest BCUT2D eigenvalue weighted by Gasteiger charge is -2.37. The van der Waals surface area contributed by atoms with Gasteiger partial charge in [0.25, 0.3) is 0 Å². The third kappa shape index (κ3) is 19.9. The summed E-state index contributed by atoms with van der Waals surface area (Å²) in [7, 11) is 4.12. The molecule has 10 aromatic carbocycles. The summed E-state index contributed by atoms with van der Waals surface area (Å²) in [5.41, 5.74) is 5.07. The van der Waals surface area contributed by atoms with Crippen LogP contribution in [0.3, 0.4) is 0 Å². The van der Waals surface area contributed by atoms with Gasteiger partial charge in [0.1, 0.15) is 113 Å². The van der Waals surface area contributed by atoms with Crippen LogP contribution in [0.25, 0.3) is 167 Å². The average molecular weight is 1990 g/mol. The van der Waals surface area contributed by atoms with Crippen molar-refractivity contribution in [3.05, 3.63) is 293 Å². The molecule has 746 valence electrons. The molecular formula is C108H95F8N17O13. The van der Waals surface area contributed by atoms with E-state index < -0.39 is 74.7 Å². The van der Waals surface area contributed by atoms with Gasteiger partial charge in [0.05, 0.1) is 49.0 Å². The number of fused-ring (bicyclic) bond motifs is 10. The van der Waals surface area contributed by atoms with E-state index >= 15 is 0 Å². The highest BCUT2D eigenvalue weighted by Gasteiger charge is 2.31. The molecule has 15 heterocycles. The maximum Gasteiger partial charge on any atom is 0.349 e. The van der Waals surface area contributed by atoms with Gasteiger partial charge in [0.2, 0.25) is 17.7 Å². The van der Waals surface area contributed by atoms with Crippen LogP contribution in [0.2, 0.25) is 0 Å². The van der Waals surface area contributed by atoms with Gasteiger partial charge < -0.3 is 95.6 Å². The van der Waals surface area contributed by atoms with Crippen LogP contribution in [-0.4, -0.2) is 188 Å². The molecule has 5 N–H and O–H groups in total. The number of halogens is 8. The first kappa shape index (κ1) is 96.0. The van der Waals surface area contributed by atoms with E-state index in [4.69, 9.17) is 35.3 Å². The number of anilines is 5. The number of imidazole rings is 2. The first-order chi connectivity index (χ1) is 70.5. The molecule has 0 radical (unpaired) electrons. The molecule has 0 unspecified atom stereocenters. The molecule has 20 aromatic rings. The van der Waals surface area contributed by atoms with Crippen molar-refractivity contribution in [1.82, 2.24) is 60.6 Å². The van der Waals surface area contributed by atoms with Crippen molar-refractivity contribution in [1.29, 1.82) is 0 Å². The molecule has 5 fully saturated rings. The lowest BCUT2D eigenvalue weighted by atomic mass is 10.1. The summed E-state index contributed by atoms with van der Waals surface area (Å²) in [4.78, 5) is 105. The Morgan fingerprint density at radius 2 is 0.582 bits per heavy atom. The fraction of sp³-hybridized carbons (Fsp3) is 0.259. The topological polar surface area (TPSA) is 345 Å². The van der Waals surface area contributed by atoms with Crippen molar-refractivity contribution in [2.24, 2.45) is 0 Å². The van der Waals surface area contributed by atoms with Gasteiger partial charge in [-0.05, 0) is 189 Å². The number of rotatable bonds is 10. The van der Waals surface area contributed by atoms with Crippen LogP contribution in [0.4, 0.5) is 63.6 Å². The zero-order chi connectivity index (χ0) is 101. The van der Waals surface area contributed by atoms with E-state index in [1.54, 1.807) is 48.5 Å². The molecule has 0 spiro atoms. The Bertz CT molecular complexity index is 8680. The molecule has 0 bridgehead atoms. The molecule has 146 heavy (non-hydrogen) atoms. The fourth-order valence-electron chi connectivity index (χ4n) is 19.3. The molecule has 5 aliphatic rings. The van der Waals surface area contributed by atoms with Crippen LogP contribution in [0.15, 0.2) is 253 Å². The van der Waals surface area contributed by atoms with Crippen LogP contribution in [0, 0.1) is 46.5 Å². The molecule has 5 aliphatic heterocycles. The number of hydrogen-bond donors (Lipinski definition) is 5. The number of oxazole rings is 3.